The number of nitrogens with one attached hydrogen (secondary N) is 1. The van der Waals surface area contributed by atoms with Crippen LogP contribution in [0.15, 0.2) is 18.3 Å². The van der Waals surface area contributed by atoms with Crippen molar-refractivity contribution in [1.82, 2.24) is 15.2 Å². The first-order valence-electron chi connectivity index (χ1n) is 6.97. The van der Waals surface area contributed by atoms with Crippen LogP contribution in [0.3, 0.4) is 0 Å². The Bertz CT molecular complexity index is 402. The highest BCUT2D eigenvalue weighted by Crippen LogP contribution is 2.09. The topological polar surface area (TPSA) is 54.5 Å². The zero-order valence-electron chi connectivity index (χ0n) is 12.8. The van der Waals surface area contributed by atoms with Crippen molar-refractivity contribution in [2.24, 2.45) is 5.92 Å². The van der Waals surface area contributed by atoms with Crippen molar-refractivity contribution in [3.8, 4) is 5.75 Å². The van der Waals surface area contributed by atoms with Gasteiger partial charge in [-0.3, -0.25) is 9.78 Å². The summed E-state index contributed by atoms with van der Waals surface area (Å²) in [6, 6.07) is 3.83. The lowest BCUT2D eigenvalue weighted by molar-refractivity contribution is -0.129. The monoisotopic (exact) mass is 279 g/mol. The van der Waals surface area contributed by atoms with Gasteiger partial charge in [-0.1, -0.05) is 13.8 Å². The maximum absolute atomic E-state index is 11.4. The molecule has 1 amide bonds. The molecular weight excluding hydrogens is 254 g/mol. The highest BCUT2D eigenvalue weighted by Gasteiger charge is 2.04. The Morgan fingerprint density at radius 2 is 2.15 bits per heavy atom. The molecule has 20 heavy (non-hydrogen) atoms. The Labute approximate surface area is 121 Å². The Morgan fingerprint density at radius 1 is 1.40 bits per heavy atom. The zero-order chi connectivity index (χ0) is 15.0. The minimum atomic E-state index is 0.0625. The summed E-state index contributed by atoms with van der Waals surface area (Å²) >= 11 is 0. The predicted molar refractivity (Wildman–Crippen MR) is 79.6 cm³/mol. The van der Waals surface area contributed by atoms with Gasteiger partial charge in [0.2, 0.25) is 5.91 Å². The molecule has 0 fully saturated rings. The van der Waals surface area contributed by atoms with Crippen LogP contribution in [0, 0.1) is 5.92 Å². The second-order valence-corrected chi connectivity index (χ2v) is 5.40. The van der Waals surface area contributed by atoms with E-state index in [9.17, 15) is 4.79 Å². The molecule has 1 aromatic rings. The minimum absolute atomic E-state index is 0.0625. The molecule has 1 N–H and O–H groups in total. The lowest BCUT2D eigenvalue weighted by atomic mass is 10.2. The van der Waals surface area contributed by atoms with Gasteiger partial charge in [0, 0.05) is 20.6 Å². The maximum atomic E-state index is 11.4. The van der Waals surface area contributed by atoms with Crippen LogP contribution in [0.5, 0.6) is 5.75 Å². The lowest BCUT2D eigenvalue weighted by Gasteiger charge is -2.11. The third-order valence-corrected chi connectivity index (χ3v) is 2.74. The molecule has 0 aliphatic rings. The van der Waals surface area contributed by atoms with Gasteiger partial charge < -0.3 is 15.0 Å². The van der Waals surface area contributed by atoms with Crippen LogP contribution in [-0.2, 0) is 11.3 Å². The van der Waals surface area contributed by atoms with E-state index >= 15 is 0 Å². The van der Waals surface area contributed by atoms with Gasteiger partial charge in [-0.25, -0.2) is 0 Å². The molecule has 0 aliphatic heterocycles. The van der Waals surface area contributed by atoms with Crippen molar-refractivity contribution in [3.63, 3.8) is 0 Å². The second-order valence-electron chi connectivity index (χ2n) is 5.40. The Kier molecular flexibility index (Phi) is 7.01. The van der Waals surface area contributed by atoms with E-state index in [1.54, 1.807) is 25.2 Å². The van der Waals surface area contributed by atoms with Gasteiger partial charge in [0.25, 0.3) is 0 Å². The van der Waals surface area contributed by atoms with Crippen LogP contribution in [0.2, 0.25) is 0 Å². The summed E-state index contributed by atoms with van der Waals surface area (Å²) in [7, 11) is 3.48. The number of hydrogen-bond donors (Lipinski definition) is 1. The summed E-state index contributed by atoms with van der Waals surface area (Å²) in [6.07, 6.45) is 2.08. The van der Waals surface area contributed by atoms with Gasteiger partial charge in [-0.05, 0) is 24.6 Å². The smallest absolute Gasteiger partial charge is 0.225 e. The van der Waals surface area contributed by atoms with E-state index < -0.39 is 0 Å². The van der Waals surface area contributed by atoms with E-state index in [0.29, 0.717) is 24.7 Å². The maximum Gasteiger partial charge on any atom is 0.225 e. The van der Waals surface area contributed by atoms with Crippen molar-refractivity contribution in [2.75, 3.05) is 27.2 Å². The van der Waals surface area contributed by atoms with Crippen molar-refractivity contribution in [1.29, 1.82) is 0 Å². The van der Waals surface area contributed by atoms with Gasteiger partial charge >= 0.3 is 0 Å². The number of carbonyl (C=O) groups excluding carboxylic acids is 1. The number of pyridine rings is 1. The average molecular weight is 279 g/mol. The summed E-state index contributed by atoms with van der Waals surface area (Å²) in [4.78, 5) is 17.3. The number of rotatable bonds is 8. The molecule has 0 atom stereocenters. The van der Waals surface area contributed by atoms with Gasteiger partial charge in [0.1, 0.15) is 5.75 Å². The number of amides is 1. The minimum Gasteiger partial charge on any atom is -0.491 e. The van der Waals surface area contributed by atoms with Crippen LogP contribution >= 0.6 is 0 Å². The molecule has 1 rings (SSSR count). The molecule has 5 heteroatoms. The zero-order valence-corrected chi connectivity index (χ0v) is 12.8. The molecule has 0 saturated heterocycles. The molecule has 0 aromatic carbocycles. The number of aromatic nitrogens is 1. The van der Waals surface area contributed by atoms with Gasteiger partial charge in [0.05, 0.1) is 24.9 Å². The highest BCUT2D eigenvalue weighted by molar-refractivity contribution is 5.75. The normalized spacial score (nSPS) is 10.7. The molecule has 5 nitrogen and oxygen atoms in total. The molecule has 0 bridgehead atoms. The van der Waals surface area contributed by atoms with E-state index in [1.807, 2.05) is 12.1 Å². The number of carbonyl (C=O) groups is 1. The fourth-order valence-corrected chi connectivity index (χ4v) is 1.57. The van der Waals surface area contributed by atoms with Crippen molar-refractivity contribution in [3.05, 3.63) is 24.0 Å². The second kappa shape index (κ2) is 8.53. The van der Waals surface area contributed by atoms with Crippen molar-refractivity contribution in [2.45, 2.75) is 26.8 Å². The van der Waals surface area contributed by atoms with Crippen LogP contribution in [0.1, 0.15) is 26.0 Å². The lowest BCUT2D eigenvalue weighted by Crippen LogP contribution is -2.23. The fraction of sp³-hybridized carbons (Fsp3) is 0.600. The van der Waals surface area contributed by atoms with Crippen molar-refractivity contribution < 1.29 is 9.53 Å². The third-order valence-electron chi connectivity index (χ3n) is 2.74. The SMILES string of the molecule is CC(C)CNCc1ccc(OCCC(=O)N(C)C)cn1. The standard InChI is InChI=1S/C15H25N3O2/c1-12(2)9-16-10-13-5-6-14(11-17-13)20-8-7-15(19)18(3)4/h5-6,11-12,16H,7-10H2,1-4H3. The van der Waals surface area contributed by atoms with Crippen molar-refractivity contribution >= 4 is 5.91 Å². The van der Waals surface area contributed by atoms with E-state index in [4.69, 9.17) is 4.74 Å². The molecule has 112 valence electrons. The first-order chi connectivity index (χ1) is 9.49. The summed E-state index contributed by atoms with van der Waals surface area (Å²) in [5, 5.41) is 3.34. The number of hydrogen-bond acceptors (Lipinski definition) is 4. The Morgan fingerprint density at radius 3 is 2.70 bits per heavy atom. The first kappa shape index (κ1) is 16.4. The van der Waals surface area contributed by atoms with Crippen LogP contribution < -0.4 is 10.1 Å². The largest absolute Gasteiger partial charge is 0.491 e. The highest BCUT2D eigenvalue weighted by atomic mass is 16.5. The third kappa shape index (κ3) is 6.52. The van der Waals surface area contributed by atoms with E-state index in [1.165, 1.54) is 0 Å². The summed E-state index contributed by atoms with van der Waals surface area (Å²) in [5.74, 6) is 1.39. The molecule has 1 aromatic heterocycles. The molecule has 0 spiro atoms. The predicted octanol–water partition coefficient (Wildman–Crippen LogP) is 1.68. The Balaban J connectivity index is 2.30. The Hall–Kier alpha value is -1.62. The van der Waals surface area contributed by atoms with Gasteiger partial charge in [0.15, 0.2) is 0 Å². The molecule has 0 saturated carbocycles. The average Bonchev–Trinajstić information content (AvgIpc) is 2.40. The van der Waals surface area contributed by atoms with E-state index in [-0.39, 0.29) is 5.91 Å². The summed E-state index contributed by atoms with van der Waals surface area (Å²) in [6.45, 7) is 6.46. The molecule has 0 radical (unpaired) electrons. The van der Waals surface area contributed by atoms with Crippen LogP contribution in [0.25, 0.3) is 0 Å². The van der Waals surface area contributed by atoms with E-state index in [0.717, 1.165) is 18.8 Å². The number of nitrogens with zero attached hydrogens (tertiary/aromatic N) is 2. The molecular formula is C15H25N3O2. The summed E-state index contributed by atoms with van der Waals surface area (Å²) < 4.78 is 5.49. The van der Waals surface area contributed by atoms with Crippen LogP contribution in [0.4, 0.5) is 0 Å². The van der Waals surface area contributed by atoms with Gasteiger partial charge in [-0.2, -0.15) is 0 Å². The number of ether oxygens (including phenoxy) is 1. The summed E-state index contributed by atoms with van der Waals surface area (Å²) in [5.41, 5.74) is 0.988. The fourth-order valence-electron chi connectivity index (χ4n) is 1.57. The van der Waals surface area contributed by atoms with Gasteiger partial charge in [-0.15, -0.1) is 0 Å². The van der Waals surface area contributed by atoms with E-state index in [2.05, 4.69) is 24.1 Å². The first-order valence-corrected chi connectivity index (χ1v) is 6.97. The molecule has 1 heterocycles. The quantitative estimate of drug-likeness (QED) is 0.786. The molecule has 0 unspecified atom stereocenters. The molecule has 0 aliphatic carbocycles. The van der Waals surface area contributed by atoms with Crippen LogP contribution in [-0.4, -0.2) is 43.0 Å².